The highest BCUT2D eigenvalue weighted by molar-refractivity contribution is 6.34. The van der Waals surface area contributed by atoms with Gasteiger partial charge < -0.3 is 9.84 Å². The van der Waals surface area contributed by atoms with Crippen LogP contribution in [0.3, 0.4) is 0 Å². The van der Waals surface area contributed by atoms with Gasteiger partial charge in [0, 0.05) is 10.9 Å². The number of fused-ring (bicyclic) bond motifs is 1. The summed E-state index contributed by atoms with van der Waals surface area (Å²) in [5.41, 5.74) is 1.94. The minimum atomic E-state index is 0.0426. The Bertz CT molecular complexity index is 778. The third-order valence-corrected chi connectivity index (χ3v) is 3.87. The Morgan fingerprint density at radius 3 is 2.71 bits per heavy atom. The number of anilines is 1. The fourth-order valence-electron chi connectivity index (χ4n) is 2.63. The standard InChI is InChI=1S/C16H16ClN3O/c1-9(15-10(2)20-21-11(15)3)18-14-8-12-6-4-5-7-13(12)16(17)19-14/h4-9H,1-3H3,(H,18,19). The monoisotopic (exact) mass is 301 g/mol. The number of hydrogen-bond acceptors (Lipinski definition) is 4. The topological polar surface area (TPSA) is 51.0 Å². The van der Waals surface area contributed by atoms with Gasteiger partial charge in [-0.2, -0.15) is 0 Å². The lowest BCUT2D eigenvalue weighted by Gasteiger charge is -2.15. The first kappa shape index (κ1) is 13.9. The minimum absolute atomic E-state index is 0.0426. The Kier molecular flexibility index (Phi) is 3.55. The van der Waals surface area contributed by atoms with E-state index in [1.165, 1.54) is 0 Å². The maximum Gasteiger partial charge on any atom is 0.139 e. The van der Waals surface area contributed by atoms with Gasteiger partial charge >= 0.3 is 0 Å². The molecule has 0 saturated heterocycles. The van der Waals surface area contributed by atoms with Crippen LogP contribution in [0.15, 0.2) is 34.9 Å². The number of hydrogen-bond donors (Lipinski definition) is 1. The number of benzene rings is 1. The SMILES string of the molecule is Cc1noc(C)c1C(C)Nc1cc2ccccc2c(Cl)n1. The van der Waals surface area contributed by atoms with E-state index in [2.05, 4.69) is 22.4 Å². The molecule has 21 heavy (non-hydrogen) atoms. The van der Waals surface area contributed by atoms with Crippen molar-refractivity contribution in [3.63, 3.8) is 0 Å². The Balaban J connectivity index is 1.95. The second kappa shape index (κ2) is 5.37. The molecule has 1 atom stereocenters. The first-order chi connectivity index (χ1) is 10.1. The number of aryl methyl sites for hydroxylation is 2. The summed E-state index contributed by atoms with van der Waals surface area (Å²) in [7, 11) is 0. The van der Waals surface area contributed by atoms with Crippen LogP contribution in [0, 0.1) is 13.8 Å². The van der Waals surface area contributed by atoms with Crippen LogP contribution in [0.2, 0.25) is 5.15 Å². The van der Waals surface area contributed by atoms with Crippen molar-refractivity contribution in [3.05, 3.63) is 52.5 Å². The van der Waals surface area contributed by atoms with E-state index in [4.69, 9.17) is 16.1 Å². The van der Waals surface area contributed by atoms with Crippen LogP contribution in [-0.4, -0.2) is 10.1 Å². The lowest BCUT2D eigenvalue weighted by Crippen LogP contribution is -2.09. The Morgan fingerprint density at radius 1 is 1.24 bits per heavy atom. The second-order valence-corrected chi connectivity index (χ2v) is 5.48. The maximum atomic E-state index is 6.25. The lowest BCUT2D eigenvalue weighted by atomic mass is 10.1. The largest absolute Gasteiger partial charge is 0.363 e. The van der Waals surface area contributed by atoms with Gasteiger partial charge in [-0.1, -0.05) is 41.0 Å². The molecule has 3 rings (SSSR count). The number of halogens is 1. The zero-order chi connectivity index (χ0) is 15.0. The summed E-state index contributed by atoms with van der Waals surface area (Å²) in [5, 5.41) is 9.86. The van der Waals surface area contributed by atoms with Crippen LogP contribution in [0.4, 0.5) is 5.82 Å². The molecular weight excluding hydrogens is 286 g/mol. The second-order valence-electron chi connectivity index (χ2n) is 5.12. The highest BCUT2D eigenvalue weighted by Crippen LogP contribution is 2.28. The average Bonchev–Trinajstić information content (AvgIpc) is 2.78. The van der Waals surface area contributed by atoms with Gasteiger partial charge in [-0.05, 0) is 32.2 Å². The molecule has 0 radical (unpaired) electrons. The van der Waals surface area contributed by atoms with Gasteiger partial charge in [0.2, 0.25) is 0 Å². The molecule has 0 bridgehead atoms. The van der Waals surface area contributed by atoms with Crippen molar-refractivity contribution in [1.29, 1.82) is 0 Å². The van der Waals surface area contributed by atoms with Crippen LogP contribution in [-0.2, 0) is 0 Å². The minimum Gasteiger partial charge on any atom is -0.363 e. The molecule has 0 aliphatic rings. The fraction of sp³-hybridized carbons (Fsp3) is 0.250. The molecule has 4 nitrogen and oxygen atoms in total. The van der Waals surface area contributed by atoms with Crippen molar-refractivity contribution in [1.82, 2.24) is 10.1 Å². The number of rotatable bonds is 3. The van der Waals surface area contributed by atoms with Crippen LogP contribution in [0.25, 0.3) is 10.8 Å². The highest BCUT2D eigenvalue weighted by atomic mass is 35.5. The van der Waals surface area contributed by atoms with Crippen LogP contribution in [0.1, 0.15) is 30.0 Å². The number of nitrogens with zero attached hydrogens (tertiary/aromatic N) is 2. The first-order valence-corrected chi connectivity index (χ1v) is 7.18. The van der Waals surface area contributed by atoms with E-state index in [0.717, 1.165) is 33.6 Å². The van der Waals surface area contributed by atoms with Gasteiger partial charge in [0.25, 0.3) is 0 Å². The summed E-state index contributed by atoms with van der Waals surface area (Å²) < 4.78 is 5.21. The highest BCUT2D eigenvalue weighted by Gasteiger charge is 2.17. The van der Waals surface area contributed by atoms with Gasteiger partial charge in [0.1, 0.15) is 16.7 Å². The molecule has 1 N–H and O–H groups in total. The third kappa shape index (κ3) is 2.59. The molecule has 5 heteroatoms. The zero-order valence-corrected chi connectivity index (χ0v) is 12.9. The first-order valence-electron chi connectivity index (χ1n) is 6.81. The average molecular weight is 302 g/mol. The predicted molar refractivity (Wildman–Crippen MR) is 84.8 cm³/mol. The smallest absolute Gasteiger partial charge is 0.139 e. The molecule has 0 spiro atoms. The molecule has 1 aromatic carbocycles. The number of aromatic nitrogens is 2. The summed E-state index contributed by atoms with van der Waals surface area (Å²) in [6, 6.07) is 9.97. The molecule has 2 heterocycles. The van der Waals surface area contributed by atoms with Crippen molar-refractivity contribution in [2.24, 2.45) is 0 Å². The summed E-state index contributed by atoms with van der Waals surface area (Å²) in [6.07, 6.45) is 0. The van der Waals surface area contributed by atoms with Gasteiger partial charge in [-0.15, -0.1) is 0 Å². The molecule has 0 aliphatic carbocycles. The van der Waals surface area contributed by atoms with Gasteiger partial charge in [0.15, 0.2) is 0 Å². The molecule has 3 aromatic rings. The van der Waals surface area contributed by atoms with Crippen LogP contribution in [0.5, 0.6) is 0 Å². The van der Waals surface area contributed by atoms with Gasteiger partial charge in [-0.3, -0.25) is 0 Å². The van der Waals surface area contributed by atoms with E-state index >= 15 is 0 Å². The van der Waals surface area contributed by atoms with Crippen molar-refractivity contribution in [2.75, 3.05) is 5.32 Å². The van der Waals surface area contributed by atoms with Crippen molar-refractivity contribution in [3.8, 4) is 0 Å². The summed E-state index contributed by atoms with van der Waals surface area (Å²) in [4.78, 5) is 4.41. The Labute approximate surface area is 128 Å². The summed E-state index contributed by atoms with van der Waals surface area (Å²) in [5.74, 6) is 1.56. The molecule has 0 saturated carbocycles. The molecule has 108 valence electrons. The number of nitrogens with one attached hydrogen (secondary N) is 1. The maximum absolute atomic E-state index is 6.25. The Hall–Kier alpha value is -2.07. The summed E-state index contributed by atoms with van der Waals surface area (Å²) >= 11 is 6.25. The van der Waals surface area contributed by atoms with E-state index in [1.807, 2.05) is 44.2 Å². The number of pyridine rings is 1. The van der Waals surface area contributed by atoms with Crippen molar-refractivity contribution in [2.45, 2.75) is 26.8 Å². The molecule has 2 aromatic heterocycles. The van der Waals surface area contributed by atoms with Gasteiger partial charge in [-0.25, -0.2) is 4.98 Å². The van der Waals surface area contributed by atoms with E-state index in [9.17, 15) is 0 Å². The molecule has 1 unspecified atom stereocenters. The normalized spacial score (nSPS) is 12.6. The predicted octanol–water partition coefficient (Wildman–Crippen LogP) is 4.67. The summed E-state index contributed by atoms with van der Waals surface area (Å²) in [6.45, 7) is 5.90. The lowest BCUT2D eigenvalue weighted by molar-refractivity contribution is 0.392. The third-order valence-electron chi connectivity index (χ3n) is 3.58. The van der Waals surface area contributed by atoms with E-state index < -0.39 is 0 Å². The van der Waals surface area contributed by atoms with Crippen LogP contribution >= 0.6 is 11.6 Å². The van der Waals surface area contributed by atoms with Gasteiger partial charge in [0.05, 0.1) is 11.7 Å². The van der Waals surface area contributed by atoms with Crippen LogP contribution < -0.4 is 5.32 Å². The molecular formula is C16H16ClN3O. The Morgan fingerprint density at radius 2 is 2.00 bits per heavy atom. The molecule has 0 amide bonds. The fourth-order valence-corrected chi connectivity index (χ4v) is 2.90. The van der Waals surface area contributed by atoms with E-state index in [-0.39, 0.29) is 6.04 Å². The van der Waals surface area contributed by atoms with E-state index in [1.54, 1.807) is 0 Å². The van der Waals surface area contributed by atoms with Crippen molar-refractivity contribution < 1.29 is 4.52 Å². The molecule has 0 aliphatic heterocycles. The van der Waals surface area contributed by atoms with E-state index in [0.29, 0.717) is 5.15 Å². The molecule has 0 fully saturated rings. The quantitative estimate of drug-likeness (QED) is 0.714. The zero-order valence-electron chi connectivity index (χ0n) is 12.1. The van der Waals surface area contributed by atoms with Crippen molar-refractivity contribution >= 4 is 28.2 Å².